The van der Waals surface area contributed by atoms with Crippen molar-refractivity contribution in [2.24, 2.45) is 0 Å². The van der Waals surface area contributed by atoms with Gasteiger partial charge in [-0.15, -0.1) is 0 Å². The number of aromatic nitrogens is 2. The Morgan fingerprint density at radius 1 is 1.56 bits per heavy atom. The summed E-state index contributed by atoms with van der Waals surface area (Å²) in [6.45, 7) is 4.93. The van der Waals surface area contributed by atoms with Crippen molar-refractivity contribution in [1.82, 2.24) is 14.9 Å². The van der Waals surface area contributed by atoms with Crippen molar-refractivity contribution in [3.05, 3.63) is 22.5 Å². The Hall–Kier alpha value is -1.26. The Kier molecular flexibility index (Phi) is 2.92. The predicted molar refractivity (Wildman–Crippen MR) is 72.4 cm³/mol. The Morgan fingerprint density at radius 2 is 2.39 bits per heavy atom. The minimum Gasteiger partial charge on any atom is -0.496 e. The summed E-state index contributed by atoms with van der Waals surface area (Å²) >= 11 is 6.08. The number of halogens is 1. The lowest BCUT2D eigenvalue weighted by Gasteiger charge is -2.15. The van der Waals surface area contributed by atoms with Crippen molar-refractivity contribution < 1.29 is 4.74 Å². The zero-order valence-electron chi connectivity index (χ0n) is 10.6. The third-order valence-corrected chi connectivity index (χ3v) is 3.73. The van der Waals surface area contributed by atoms with Crippen LogP contribution >= 0.6 is 11.6 Å². The van der Waals surface area contributed by atoms with E-state index in [1.807, 2.05) is 0 Å². The fourth-order valence-electron chi connectivity index (χ4n) is 2.79. The van der Waals surface area contributed by atoms with Crippen molar-refractivity contribution in [3.63, 3.8) is 0 Å². The van der Waals surface area contributed by atoms with E-state index >= 15 is 0 Å². The van der Waals surface area contributed by atoms with Crippen LogP contribution in [-0.4, -0.2) is 23.2 Å². The van der Waals surface area contributed by atoms with E-state index < -0.39 is 0 Å². The third-order valence-electron chi connectivity index (χ3n) is 3.54. The minimum atomic E-state index is 0.483. The first-order valence-corrected chi connectivity index (χ1v) is 6.59. The maximum Gasteiger partial charge on any atom is 0.145 e. The summed E-state index contributed by atoms with van der Waals surface area (Å²) in [6.07, 6.45) is 1.03. The molecule has 0 saturated heterocycles. The minimum absolute atomic E-state index is 0.483. The van der Waals surface area contributed by atoms with E-state index in [0.29, 0.717) is 5.15 Å². The summed E-state index contributed by atoms with van der Waals surface area (Å²) in [4.78, 5) is 4.48. The van der Waals surface area contributed by atoms with Gasteiger partial charge in [-0.3, -0.25) is 0 Å². The van der Waals surface area contributed by atoms with Crippen LogP contribution in [0.15, 0.2) is 6.07 Å². The fourth-order valence-corrected chi connectivity index (χ4v) is 2.97. The normalized spacial score (nSPS) is 14.8. The van der Waals surface area contributed by atoms with Crippen molar-refractivity contribution in [3.8, 4) is 5.75 Å². The van der Waals surface area contributed by atoms with Gasteiger partial charge in [-0.1, -0.05) is 11.6 Å². The van der Waals surface area contributed by atoms with Crippen LogP contribution in [0.4, 0.5) is 0 Å². The van der Waals surface area contributed by atoms with Gasteiger partial charge in [0.25, 0.3) is 0 Å². The zero-order chi connectivity index (χ0) is 12.7. The SMILES string of the molecule is CCn1c2c(c3c(OC)cc(Cl)nc31)CNCC2. The smallest absolute Gasteiger partial charge is 0.145 e. The Balaban J connectivity index is 2.41. The van der Waals surface area contributed by atoms with Crippen molar-refractivity contribution in [2.45, 2.75) is 26.4 Å². The molecule has 0 aromatic carbocycles. The zero-order valence-corrected chi connectivity index (χ0v) is 11.3. The first-order valence-electron chi connectivity index (χ1n) is 6.21. The molecule has 2 aromatic rings. The Morgan fingerprint density at radius 3 is 3.11 bits per heavy atom. The van der Waals surface area contributed by atoms with E-state index in [1.54, 1.807) is 13.2 Å². The van der Waals surface area contributed by atoms with Gasteiger partial charge in [-0.2, -0.15) is 0 Å². The highest BCUT2D eigenvalue weighted by atomic mass is 35.5. The summed E-state index contributed by atoms with van der Waals surface area (Å²) in [7, 11) is 1.68. The molecule has 4 nitrogen and oxygen atoms in total. The highest BCUT2D eigenvalue weighted by molar-refractivity contribution is 6.30. The molecule has 3 heterocycles. The molecule has 3 rings (SSSR count). The Bertz CT molecular complexity index is 606. The van der Waals surface area contributed by atoms with Crippen LogP contribution in [0.5, 0.6) is 5.75 Å². The average molecular weight is 266 g/mol. The molecule has 18 heavy (non-hydrogen) atoms. The third kappa shape index (κ3) is 1.60. The molecule has 0 unspecified atom stereocenters. The summed E-state index contributed by atoms with van der Waals surface area (Å²) in [5.74, 6) is 0.817. The molecule has 1 aliphatic rings. The number of methoxy groups -OCH3 is 1. The monoisotopic (exact) mass is 265 g/mol. The number of nitrogens with zero attached hydrogens (tertiary/aromatic N) is 2. The van der Waals surface area contributed by atoms with E-state index in [-0.39, 0.29) is 0 Å². The van der Waals surface area contributed by atoms with Crippen LogP contribution in [0.1, 0.15) is 18.2 Å². The average Bonchev–Trinajstić information content (AvgIpc) is 2.71. The summed E-state index contributed by atoms with van der Waals surface area (Å²) in [5, 5.41) is 4.99. The molecular weight excluding hydrogens is 250 g/mol. The molecule has 5 heteroatoms. The highest BCUT2D eigenvalue weighted by Gasteiger charge is 2.23. The van der Waals surface area contributed by atoms with Crippen LogP contribution < -0.4 is 10.1 Å². The lowest BCUT2D eigenvalue weighted by molar-refractivity contribution is 0.419. The number of pyridine rings is 1. The molecule has 0 radical (unpaired) electrons. The number of rotatable bonds is 2. The van der Waals surface area contributed by atoms with Gasteiger partial charge in [0.15, 0.2) is 0 Å². The molecule has 0 spiro atoms. The van der Waals surface area contributed by atoms with Gasteiger partial charge in [-0.05, 0) is 6.92 Å². The number of aryl methyl sites for hydroxylation is 1. The second kappa shape index (κ2) is 4.44. The number of hydrogen-bond donors (Lipinski definition) is 1. The number of ether oxygens (including phenoxy) is 1. The molecule has 0 amide bonds. The van der Waals surface area contributed by atoms with Crippen molar-refractivity contribution in [1.29, 1.82) is 0 Å². The van der Waals surface area contributed by atoms with Crippen LogP contribution in [-0.2, 0) is 19.5 Å². The summed E-state index contributed by atoms with van der Waals surface area (Å²) in [5.41, 5.74) is 3.61. The van der Waals surface area contributed by atoms with Crippen LogP contribution in [0.2, 0.25) is 5.15 Å². The fraction of sp³-hybridized carbons (Fsp3) is 0.462. The molecule has 0 fully saturated rings. The van der Waals surface area contributed by atoms with E-state index in [4.69, 9.17) is 16.3 Å². The van der Waals surface area contributed by atoms with E-state index in [9.17, 15) is 0 Å². The topological polar surface area (TPSA) is 39.1 Å². The van der Waals surface area contributed by atoms with Gasteiger partial charge >= 0.3 is 0 Å². The maximum absolute atomic E-state index is 6.08. The van der Waals surface area contributed by atoms with Crippen LogP contribution in [0.25, 0.3) is 11.0 Å². The molecule has 2 aromatic heterocycles. The molecule has 0 saturated carbocycles. The van der Waals surface area contributed by atoms with Gasteiger partial charge < -0.3 is 14.6 Å². The van der Waals surface area contributed by atoms with Crippen molar-refractivity contribution in [2.75, 3.05) is 13.7 Å². The van der Waals surface area contributed by atoms with Gasteiger partial charge in [-0.25, -0.2) is 4.98 Å². The van der Waals surface area contributed by atoms with Gasteiger partial charge in [0.2, 0.25) is 0 Å². The maximum atomic E-state index is 6.08. The molecule has 0 atom stereocenters. The first-order chi connectivity index (χ1) is 8.76. The van der Waals surface area contributed by atoms with Gasteiger partial charge in [0.05, 0.1) is 12.5 Å². The molecule has 0 bridgehead atoms. The van der Waals surface area contributed by atoms with E-state index in [2.05, 4.69) is 21.8 Å². The number of hydrogen-bond acceptors (Lipinski definition) is 3. The largest absolute Gasteiger partial charge is 0.496 e. The highest BCUT2D eigenvalue weighted by Crippen LogP contribution is 2.35. The Labute approximate surface area is 111 Å². The van der Waals surface area contributed by atoms with Crippen LogP contribution in [0, 0.1) is 0 Å². The second-order valence-electron chi connectivity index (χ2n) is 4.44. The second-order valence-corrected chi connectivity index (χ2v) is 4.83. The van der Waals surface area contributed by atoms with E-state index in [0.717, 1.165) is 42.8 Å². The standard InChI is InChI=1S/C13H16ClN3O/c1-3-17-9-4-5-15-7-8(9)12-10(18-2)6-11(14)16-13(12)17/h6,15H,3-5,7H2,1-2H3. The predicted octanol–water partition coefficient (Wildman–Crippen LogP) is 2.36. The van der Waals surface area contributed by atoms with Gasteiger partial charge in [0.1, 0.15) is 16.5 Å². The molecule has 1 N–H and O–H groups in total. The quantitative estimate of drug-likeness (QED) is 0.848. The van der Waals surface area contributed by atoms with Crippen LogP contribution in [0.3, 0.4) is 0 Å². The number of nitrogens with one attached hydrogen (secondary N) is 1. The molecule has 0 aliphatic carbocycles. The molecule has 96 valence electrons. The van der Waals surface area contributed by atoms with Gasteiger partial charge in [0, 0.05) is 43.4 Å². The first kappa shape index (κ1) is 11.8. The summed E-state index contributed by atoms with van der Waals surface area (Å²) in [6, 6.07) is 1.79. The lowest BCUT2D eigenvalue weighted by atomic mass is 10.1. The molecule has 1 aliphatic heterocycles. The number of fused-ring (bicyclic) bond motifs is 3. The lowest BCUT2D eigenvalue weighted by Crippen LogP contribution is -2.24. The van der Waals surface area contributed by atoms with E-state index in [1.165, 1.54) is 11.3 Å². The molecular formula is C13H16ClN3O. The van der Waals surface area contributed by atoms with Crippen molar-refractivity contribution >= 4 is 22.6 Å². The summed E-state index contributed by atoms with van der Waals surface area (Å²) < 4.78 is 7.72.